The molecule has 4 rings (SSSR count). The number of thioether (sulfide) groups is 1. The van der Waals surface area contributed by atoms with E-state index in [1.54, 1.807) is 24.3 Å². The molecule has 0 aliphatic heterocycles. The van der Waals surface area contributed by atoms with Crippen LogP contribution in [0.5, 0.6) is 0 Å². The van der Waals surface area contributed by atoms with Crippen molar-refractivity contribution in [1.82, 2.24) is 19.9 Å². The highest BCUT2D eigenvalue weighted by Gasteiger charge is 2.17. The van der Waals surface area contributed by atoms with E-state index < -0.39 is 0 Å². The van der Waals surface area contributed by atoms with Gasteiger partial charge in [0.05, 0.1) is 22.9 Å². The number of nitrogens with zero attached hydrogens (tertiary/aromatic N) is 4. The third-order valence-electron chi connectivity index (χ3n) is 3.86. The molecule has 0 radical (unpaired) electrons. The fourth-order valence-electron chi connectivity index (χ4n) is 2.62. The first-order chi connectivity index (χ1) is 13.7. The zero-order valence-corrected chi connectivity index (χ0v) is 16.7. The summed E-state index contributed by atoms with van der Waals surface area (Å²) in [5, 5.41) is 17.8. The second-order valence-corrected chi connectivity index (χ2v) is 7.91. The standard InChI is InChI=1S/C19H17N5O2S2/c1-13-10-17(26-23-13)20-16(25)12-28-19-22-21-18(15-8-5-9-27-15)24(19)11-14-6-3-2-4-7-14/h2-10H,11-12H2,1H3,(H,20,25). The molecule has 3 heterocycles. The third kappa shape index (κ3) is 4.32. The molecule has 0 aliphatic rings. The van der Waals surface area contributed by atoms with Gasteiger partial charge < -0.3 is 4.52 Å². The summed E-state index contributed by atoms with van der Waals surface area (Å²) in [5.74, 6) is 1.14. The van der Waals surface area contributed by atoms with Crippen molar-refractivity contribution in [2.75, 3.05) is 11.1 Å². The molecule has 0 unspecified atom stereocenters. The molecule has 28 heavy (non-hydrogen) atoms. The zero-order valence-electron chi connectivity index (χ0n) is 15.0. The molecule has 0 saturated carbocycles. The number of aryl methyl sites for hydroxylation is 1. The van der Waals surface area contributed by atoms with E-state index in [9.17, 15) is 4.79 Å². The van der Waals surface area contributed by atoms with Crippen LogP contribution in [0.1, 0.15) is 11.3 Å². The van der Waals surface area contributed by atoms with E-state index in [1.165, 1.54) is 11.8 Å². The quantitative estimate of drug-likeness (QED) is 0.461. The Balaban J connectivity index is 1.52. The summed E-state index contributed by atoms with van der Waals surface area (Å²) >= 11 is 2.95. The van der Waals surface area contributed by atoms with Crippen molar-refractivity contribution < 1.29 is 9.32 Å². The van der Waals surface area contributed by atoms with Crippen molar-refractivity contribution in [2.45, 2.75) is 18.6 Å². The van der Waals surface area contributed by atoms with Gasteiger partial charge in [-0.25, -0.2) is 0 Å². The molecule has 1 aromatic carbocycles. The fourth-order valence-corrected chi connectivity index (χ4v) is 4.07. The lowest BCUT2D eigenvalue weighted by Crippen LogP contribution is -2.14. The molecule has 0 aliphatic carbocycles. The number of anilines is 1. The summed E-state index contributed by atoms with van der Waals surface area (Å²) < 4.78 is 7.06. The van der Waals surface area contributed by atoms with Crippen LogP contribution < -0.4 is 5.32 Å². The summed E-state index contributed by atoms with van der Waals surface area (Å²) in [7, 11) is 0. The minimum atomic E-state index is -0.187. The van der Waals surface area contributed by atoms with Gasteiger partial charge in [-0.05, 0) is 23.9 Å². The number of carbonyl (C=O) groups excluding carboxylic acids is 1. The van der Waals surface area contributed by atoms with E-state index in [-0.39, 0.29) is 11.7 Å². The van der Waals surface area contributed by atoms with Crippen molar-refractivity contribution in [3.8, 4) is 10.7 Å². The first kappa shape index (κ1) is 18.5. The number of rotatable bonds is 7. The Kier molecular flexibility index (Phi) is 5.54. The van der Waals surface area contributed by atoms with Gasteiger partial charge in [-0.2, -0.15) is 0 Å². The fraction of sp³-hybridized carbons (Fsp3) is 0.158. The maximum Gasteiger partial charge on any atom is 0.237 e. The zero-order chi connectivity index (χ0) is 19.3. The Labute approximate surface area is 169 Å². The smallest absolute Gasteiger partial charge is 0.237 e. The summed E-state index contributed by atoms with van der Waals surface area (Å²) in [4.78, 5) is 13.3. The van der Waals surface area contributed by atoms with Crippen LogP contribution >= 0.6 is 23.1 Å². The lowest BCUT2D eigenvalue weighted by molar-refractivity contribution is -0.113. The van der Waals surface area contributed by atoms with E-state index in [4.69, 9.17) is 4.52 Å². The normalized spacial score (nSPS) is 10.9. The van der Waals surface area contributed by atoms with E-state index in [0.29, 0.717) is 23.3 Å². The van der Waals surface area contributed by atoms with Crippen molar-refractivity contribution in [2.24, 2.45) is 0 Å². The molecular formula is C19H17N5O2S2. The SMILES string of the molecule is Cc1cc(NC(=O)CSc2nnc(-c3cccs3)n2Cc2ccccc2)on1. The maximum atomic E-state index is 12.2. The number of hydrogen-bond donors (Lipinski definition) is 1. The average molecular weight is 412 g/mol. The molecule has 0 atom stereocenters. The first-order valence-corrected chi connectivity index (χ1v) is 10.4. The number of nitrogens with one attached hydrogen (secondary N) is 1. The number of aromatic nitrogens is 4. The highest BCUT2D eigenvalue weighted by atomic mass is 32.2. The lowest BCUT2D eigenvalue weighted by Gasteiger charge is -2.09. The Morgan fingerprint density at radius 1 is 1.21 bits per heavy atom. The van der Waals surface area contributed by atoms with Gasteiger partial charge in [0.25, 0.3) is 0 Å². The Hall–Kier alpha value is -2.91. The second kappa shape index (κ2) is 8.41. The molecule has 4 aromatic rings. The van der Waals surface area contributed by atoms with Crippen LogP contribution in [-0.2, 0) is 11.3 Å². The molecule has 0 fully saturated rings. The number of carbonyl (C=O) groups is 1. The van der Waals surface area contributed by atoms with Crippen LogP contribution in [0.4, 0.5) is 5.88 Å². The van der Waals surface area contributed by atoms with Gasteiger partial charge in [0, 0.05) is 6.07 Å². The average Bonchev–Trinajstić information content (AvgIpc) is 3.43. The summed E-state index contributed by atoms with van der Waals surface area (Å²) in [5.41, 5.74) is 1.86. The van der Waals surface area contributed by atoms with Crippen molar-refractivity contribution in [1.29, 1.82) is 0 Å². The van der Waals surface area contributed by atoms with Crippen molar-refractivity contribution >= 4 is 34.9 Å². The lowest BCUT2D eigenvalue weighted by atomic mass is 10.2. The minimum Gasteiger partial charge on any atom is -0.338 e. The van der Waals surface area contributed by atoms with Crippen LogP contribution in [0.25, 0.3) is 10.7 Å². The predicted octanol–water partition coefficient (Wildman–Crippen LogP) is 4.08. The van der Waals surface area contributed by atoms with E-state index in [1.807, 2.05) is 40.3 Å². The highest BCUT2D eigenvalue weighted by molar-refractivity contribution is 7.99. The van der Waals surface area contributed by atoms with Crippen LogP contribution in [0.15, 0.2) is 63.6 Å². The van der Waals surface area contributed by atoms with Gasteiger partial charge in [-0.1, -0.05) is 53.3 Å². The monoisotopic (exact) mass is 411 g/mol. The third-order valence-corrected chi connectivity index (χ3v) is 5.70. The van der Waals surface area contributed by atoms with E-state index in [0.717, 1.165) is 16.3 Å². The minimum absolute atomic E-state index is 0.187. The molecule has 1 N–H and O–H groups in total. The summed E-state index contributed by atoms with van der Waals surface area (Å²) in [6.45, 7) is 2.43. The van der Waals surface area contributed by atoms with Gasteiger partial charge in [0.15, 0.2) is 11.0 Å². The number of benzene rings is 1. The molecule has 142 valence electrons. The number of amides is 1. The molecule has 9 heteroatoms. The second-order valence-electron chi connectivity index (χ2n) is 6.02. The molecule has 3 aromatic heterocycles. The van der Waals surface area contributed by atoms with Crippen LogP contribution in [0, 0.1) is 6.92 Å². The Bertz CT molecular complexity index is 1060. The summed E-state index contributed by atoms with van der Waals surface area (Å²) in [6, 6.07) is 15.8. The molecule has 0 spiro atoms. The maximum absolute atomic E-state index is 12.2. The van der Waals surface area contributed by atoms with Gasteiger partial charge in [-0.15, -0.1) is 21.5 Å². The van der Waals surface area contributed by atoms with E-state index in [2.05, 4.69) is 32.8 Å². The van der Waals surface area contributed by atoms with Crippen molar-refractivity contribution in [3.63, 3.8) is 0 Å². The van der Waals surface area contributed by atoms with Gasteiger partial charge in [0.2, 0.25) is 11.8 Å². The van der Waals surface area contributed by atoms with Crippen molar-refractivity contribution in [3.05, 3.63) is 65.2 Å². The van der Waals surface area contributed by atoms with Gasteiger partial charge in [-0.3, -0.25) is 14.7 Å². The predicted molar refractivity (Wildman–Crippen MR) is 109 cm³/mol. The van der Waals surface area contributed by atoms with Crippen LogP contribution in [-0.4, -0.2) is 31.6 Å². The number of hydrogen-bond acceptors (Lipinski definition) is 7. The molecule has 7 nitrogen and oxygen atoms in total. The topological polar surface area (TPSA) is 85.8 Å². The van der Waals surface area contributed by atoms with Crippen LogP contribution in [0.2, 0.25) is 0 Å². The molecule has 0 saturated heterocycles. The van der Waals surface area contributed by atoms with Gasteiger partial charge >= 0.3 is 0 Å². The van der Waals surface area contributed by atoms with E-state index >= 15 is 0 Å². The molecule has 0 bridgehead atoms. The molecular weight excluding hydrogens is 394 g/mol. The molecule has 1 amide bonds. The summed E-state index contributed by atoms with van der Waals surface area (Å²) in [6.07, 6.45) is 0. The Morgan fingerprint density at radius 3 is 2.79 bits per heavy atom. The Morgan fingerprint density at radius 2 is 2.07 bits per heavy atom. The largest absolute Gasteiger partial charge is 0.338 e. The van der Waals surface area contributed by atoms with Gasteiger partial charge in [0.1, 0.15) is 0 Å². The first-order valence-electron chi connectivity index (χ1n) is 8.56. The number of thiophene rings is 1. The van der Waals surface area contributed by atoms with Crippen LogP contribution in [0.3, 0.4) is 0 Å². The highest BCUT2D eigenvalue weighted by Crippen LogP contribution is 2.28.